The lowest BCUT2D eigenvalue weighted by Gasteiger charge is -2.43. The third kappa shape index (κ3) is 3.99. The molecule has 2 N–H and O–H groups in total. The number of aliphatic hydroxyl groups is 1. The van der Waals surface area contributed by atoms with Gasteiger partial charge in [0.25, 0.3) is 5.91 Å². The van der Waals surface area contributed by atoms with Gasteiger partial charge in [-0.25, -0.2) is 4.98 Å². The first kappa shape index (κ1) is 17.4. The molecule has 5 nitrogen and oxygen atoms in total. The van der Waals surface area contributed by atoms with Gasteiger partial charge in [-0.1, -0.05) is 30.3 Å². The molecule has 0 aliphatic carbocycles. The summed E-state index contributed by atoms with van der Waals surface area (Å²) < 4.78 is 0. The van der Waals surface area contributed by atoms with E-state index in [1.165, 1.54) is 5.56 Å². The Morgan fingerprint density at radius 3 is 2.84 bits per heavy atom. The summed E-state index contributed by atoms with van der Waals surface area (Å²) in [6.07, 6.45) is 2.98. The molecule has 1 aliphatic heterocycles. The van der Waals surface area contributed by atoms with E-state index < -0.39 is 5.60 Å². The molecule has 1 fully saturated rings. The highest BCUT2D eigenvalue weighted by molar-refractivity contribution is 5.94. The number of likely N-dealkylation sites (tertiary alicyclic amines) is 1. The van der Waals surface area contributed by atoms with E-state index in [-0.39, 0.29) is 11.8 Å². The van der Waals surface area contributed by atoms with Crippen molar-refractivity contribution in [3.8, 4) is 0 Å². The fourth-order valence-corrected chi connectivity index (χ4v) is 3.37. The van der Waals surface area contributed by atoms with E-state index in [0.29, 0.717) is 30.9 Å². The summed E-state index contributed by atoms with van der Waals surface area (Å²) in [4.78, 5) is 18.9. The quantitative estimate of drug-likeness (QED) is 0.898. The number of benzene rings is 1. The van der Waals surface area contributed by atoms with Gasteiger partial charge in [-0.05, 0) is 37.5 Å². The van der Waals surface area contributed by atoms with Crippen LogP contribution in [0.5, 0.6) is 0 Å². The van der Waals surface area contributed by atoms with Gasteiger partial charge in [0.15, 0.2) is 0 Å². The first-order valence-electron chi connectivity index (χ1n) is 8.69. The summed E-state index contributed by atoms with van der Waals surface area (Å²) in [5, 5.41) is 13.7. The van der Waals surface area contributed by atoms with Crippen LogP contribution in [0.25, 0.3) is 0 Å². The van der Waals surface area contributed by atoms with Gasteiger partial charge in [-0.3, -0.25) is 4.79 Å². The molecule has 1 saturated heterocycles. The van der Waals surface area contributed by atoms with Gasteiger partial charge in [0.2, 0.25) is 0 Å². The molecule has 132 valence electrons. The van der Waals surface area contributed by atoms with Crippen LogP contribution in [0.1, 0.15) is 29.3 Å². The molecule has 25 heavy (non-hydrogen) atoms. The minimum atomic E-state index is -0.763. The molecular weight excluding hydrogens is 314 g/mol. The summed E-state index contributed by atoms with van der Waals surface area (Å²) in [6, 6.07) is 13.6. The van der Waals surface area contributed by atoms with E-state index in [2.05, 4.69) is 22.4 Å². The molecule has 0 spiro atoms. The Morgan fingerprint density at radius 1 is 1.36 bits per heavy atom. The highest BCUT2D eigenvalue weighted by atomic mass is 16.3. The third-order valence-corrected chi connectivity index (χ3v) is 5.08. The van der Waals surface area contributed by atoms with Crippen molar-refractivity contribution in [2.75, 3.05) is 25.5 Å². The number of amides is 1. The summed E-state index contributed by atoms with van der Waals surface area (Å²) in [5.74, 6) is 0.682. The van der Waals surface area contributed by atoms with Crippen LogP contribution < -0.4 is 5.32 Å². The molecule has 0 bridgehead atoms. The van der Waals surface area contributed by atoms with E-state index >= 15 is 0 Å². The predicted molar refractivity (Wildman–Crippen MR) is 98.6 cm³/mol. The number of carbonyl (C=O) groups is 1. The number of hydrogen-bond acceptors (Lipinski definition) is 4. The predicted octanol–water partition coefficient (Wildman–Crippen LogP) is 2.58. The molecule has 2 heterocycles. The standard InChI is InChI=1S/C20H25N3O2/c1-20(25)9-11-23(14-17(20)12-15-6-4-3-5-7-15)19(24)16-8-10-22-18(13-16)21-2/h3-8,10,13,17,25H,9,11-12,14H2,1-2H3,(H,21,22)/t17-,20+/m1/s1. The zero-order valence-corrected chi connectivity index (χ0v) is 14.8. The normalized spacial score (nSPS) is 23.3. The highest BCUT2D eigenvalue weighted by Crippen LogP contribution is 2.31. The molecule has 1 amide bonds. The maximum Gasteiger partial charge on any atom is 0.254 e. The van der Waals surface area contributed by atoms with Crippen molar-refractivity contribution in [3.05, 3.63) is 59.8 Å². The third-order valence-electron chi connectivity index (χ3n) is 5.08. The molecule has 0 saturated carbocycles. The molecule has 3 rings (SSSR count). The maximum absolute atomic E-state index is 12.9. The number of aromatic nitrogens is 1. The van der Waals surface area contributed by atoms with Gasteiger partial charge in [0, 0.05) is 37.8 Å². The molecule has 1 aromatic heterocycles. The fourth-order valence-electron chi connectivity index (χ4n) is 3.37. The SMILES string of the molecule is CNc1cc(C(=O)N2CC[C@](C)(O)[C@H](Cc3ccccc3)C2)ccn1. The number of nitrogens with one attached hydrogen (secondary N) is 1. The molecule has 2 atom stereocenters. The minimum absolute atomic E-state index is 0.00698. The van der Waals surface area contributed by atoms with Gasteiger partial charge < -0.3 is 15.3 Å². The van der Waals surface area contributed by atoms with Gasteiger partial charge in [-0.15, -0.1) is 0 Å². The largest absolute Gasteiger partial charge is 0.390 e. The van der Waals surface area contributed by atoms with Crippen LogP contribution in [0, 0.1) is 5.92 Å². The van der Waals surface area contributed by atoms with E-state index in [9.17, 15) is 9.90 Å². The molecule has 1 aromatic carbocycles. The summed E-state index contributed by atoms with van der Waals surface area (Å²) in [6.45, 7) is 3.00. The molecule has 1 aliphatic rings. The smallest absolute Gasteiger partial charge is 0.254 e. The van der Waals surface area contributed by atoms with Crippen molar-refractivity contribution >= 4 is 11.7 Å². The van der Waals surface area contributed by atoms with E-state index in [0.717, 1.165) is 6.42 Å². The average molecular weight is 339 g/mol. The first-order chi connectivity index (χ1) is 12.0. The number of rotatable bonds is 4. The number of anilines is 1. The zero-order chi connectivity index (χ0) is 17.9. The Labute approximate surface area is 148 Å². The van der Waals surface area contributed by atoms with Crippen LogP contribution in [0.4, 0.5) is 5.82 Å². The monoisotopic (exact) mass is 339 g/mol. The van der Waals surface area contributed by atoms with Crippen LogP contribution in [0.15, 0.2) is 48.7 Å². The van der Waals surface area contributed by atoms with Crippen molar-refractivity contribution in [2.45, 2.75) is 25.4 Å². The van der Waals surface area contributed by atoms with Crippen molar-refractivity contribution in [2.24, 2.45) is 5.92 Å². The Kier molecular flexibility index (Phi) is 5.04. The maximum atomic E-state index is 12.9. The summed E-state index contributed by atoms with van der Waals surface area (Å²) in [5.41, 5.74) is 1.05. The summed E-state index contributed by atoms with van der Waals surface area (Å²) >= 11 is 0. The number of nitrogens with zero attached hydrogens (tertiary/aromatic N) is 2. The second-order valence-electron chi connectivity index (χ2n) is 6.92. The lowest BCUT2D eigenvalue weighted by Crippen LogP contribution is -2.52. The van der Waals surface area contributed by atoms with Gasteiger partial charge in [0.05, 0.1) is 5.60 Å². The lowest BCUT2D eigenvalue weighted by molar-refractivity contribution is -0.0507. The lowest BCUT2D eigenvalue weighted by atomic mass is 9.78. The van der Waals surface area contributed by atoms with Crippen LogP contribution in [0.2, 0.25) is 0 Å². The Balaban J connectivity index is 1.76. The average Bonchev–Trinajstić information content (AvgIpc) is 2.64. The minimum Gasteiger partial charge on any atom is -0.390 e. The van der Waals surface area contributed by atoms with Crippen molar-refractivity contribution in [3.63, 3.8) is 0 Å². The second kappa shape index (κ2) is 7.23. The molecule has 0 unspecified atom stereocenters. The van der Waals surface area contributed by atoms with E-state index in [1.807, 2.05) is 30.0 Å². The number of piperidine rings is 1. The van der Waals surface area contributed by atoms with Crippen molar-refractivity contribution in [1.29, 1.82) is 0 Å². The van der Waals surface area contributed by atoms with Crippen molar-refractivity contribution < 1.29 is 9.90 Å². The molecular formula is C20H25N3O2. The fraction of sp³-hybridized carbons (Fsp3) is 0.400. The molecule has 5 heteroatoms. The number of carbonyl (C=O) groups excluding carboxylic acids is 1. The van der Waals surface area contributed by atoms with E-state index in [1.54, 1.807) is 25.4 Å². The van der Waals surface area contributed by atoms with Gasteiger partial charge in [-0.2, -0.15) is 0 Å². The van der Waals surface area contributed by atoms with Gasteiger partial charge >= 0.3 is 0 Å². The van der Waals surface area contributed by atoms with Crippen LogP contribution >= 0.6 is 0 Å². The zero-order valence-electron chi connectivity index (χ0n) is 14.8. The van der Waals surface area contributed by atoms with Crippen LogP contribution in [-0.2, 0) is 6.42 Å². The number of hydrogen-bond donors (Lipinski definition) is 2. The summed E-state index contributed by atoms with van der Waals surface area (Å²) in [7, 11) is 1.78. The first-order valence-corrected chi connectivity index (χ1v) is 8.69. The number of pyridine rings is 1. The molecule has 0 radical (unpaired) electrons. The second-order valence-corrected chi connectivity index (χ2v) is 6.92. The van der Waals surface area contributed by atoms with Crippen LogP contribution in [0.3, 0.4) is 0 Å². The Morgan fingerprint density at radius 2 is 2.12 bits per heavy atom. The molecule has 2 aromatic rings. The van der Waals surface area contributed by atoms with Crippen LogP contribution in [-0.4, -0.2) is 46.6 Å². The Hall–Kier alpha value is -2.40. The van der Waals surface area contributed by atoms with Crippen molar-refractivity contribution in [1.82, 2.24) is 9.88 Å². The Bertz CT molecular complexity index is 731. The highest BCUT2D eigenvalue weighted by Gasteiger charge is 2.39. The van der Waals surface area contributed by atoms with E-state index in [4.69, 9.17) is 0 Å². The topological polar surface area (TPSA) is 65.5 Å². The van der Waals surface area contributed by atoms with Gasteiger partial charge in [0.1, 0.15) is 5.82 Å².